The number of amides is 1. The quantitative estimate of drug-likeness (QED) is 0.915. The maximum atomic E-state index is 11.5. The Hall–Kier alpha value is -2.49. The molecule has 24 heavy (non-hydrogen) atoms. The van der Waals surface area contributed by atoms with Gasteiger partial charge in [-0.25, -0.2) is 0 Å². The molecule has 1 fully saturated rings. The normalized spacial score (nSPS) is 17.2. The highest BCUT2D eigenvalue weighted by molar-refractivity contribution is 5.73. The van der Waals surface area contributed by atoms with Crippen LogP contribution in [0.25, 0.3) is 23.0 Å². The topological polar surface area (TPSA) is 39.3 Å². The van der Waals surface area contributed by atoms with Crippen LogP contribution < -0.4 is 10.6 Å². The van der Waals surface area contributed by atoms with E-state index in [4.69, 9.17) is 0 Å². The van der Waals surface area contributed by atoms with Gasteiger partial charge in [-0.05, 0) is 30.7 Å². The molecule has 0 unspecified atom stereocenters. The Labute approximate surface area is 143 Å². The van der Waals surface area contributed by atoms with Crippen molar-refractivity contribution < 1.29 is 4.79 Å². The number of benzene rings is 1. The lowest BCUT2D eigenvalue weighted by Crippen LogP contribution is -2.48. The highest BCUT2D eigenvalue weighted by Crippen LogP contribution is 2.14. The summed E-state index contributed by atoms with van der Waals surface area (Å²) < 4.78 is 0. The number of aromatic nitrogens is 1. The Bertz CT molecular complexity index is 828. The number of H-pyrrole nitrogens is 1. The molecule has 0 aliphatic carbocycles. The van der Waals surface area contributed by atoms with Crippen molar-refractivity contribution in [2.75, 3.05) is 26.2 Å². The van der Waals surface area contributed by atoms with E-state index in [1.54, 1.807) is 6.92 Å². The molecule has 1 N–H and O–H groups in total. The largest absolute Gasteiger partial charge is 0.370 e. The number of nitrogens with one attached hydrogen (secondary N) is 1. The molecular formula is C20H25N3O. The number of aromatic amines is 1. The summed E-state index contributed by atoms with van der Waals surface area (Å²) in [6.45, 7) is 9.24. The van der Waals surface area contributed by atoms with E-state index in [0.29, 0.717) is 0 Å². The van der Waals surface area contributed by atoms with E-state index in [9.17, 15) is 4.79 Å². The zero-order valence-corrected chi connectivity index (χ0v) is 14.7. The number of rotatable bonds is 2. The molecule has 1 saturated heterocycles. The van der Waals surface area contributed by atoms with Crippen LogP contribution in [0.3, 0.4) is 0 Å². The summed E-state index contributed by atoms with van der Waals surface area (Å²) in [7, 11) is 0. The summed E-state index contributed by atoms with van der Waals surface area (Å²) >= 11 is 0. The minimum Gasteiger partial charge on any atom is -0.370 e. The van der Waals surface area contributed by atoms with Crippen LogP contribution >= 0.6 is 0 Å². The third kappa shape index (κ3) is 3.23. The van der Waals surface area contributed by atoms with Crippen LogP contribution in [0, 0.1) is 0 Å². The van der Waals surface area contributed by atoms with Crippen LogP contribution in [-0.2, 0) is 4.79 Å². The second-order valence-electron chi connectivity index (χ2n) is 6.25. The third-order valence-electron chi connectivity index (χ3n) is 4.81. The smallest absolute Gasteiger partial charge is 0.219 e. The molecule has 1 aliphatic heterocycles. The molecule has 0 radical (unpaired) electrons. The van der Waals surface area contributed by atoms with Gasteiger partial charge in [0.05, 0.1) is 5.35 Å². The lowest BCUT2D eigenvalue weighted by Gasteiger charge is -2.35. The molecule has 0 saturated carbocycles. The number of nitrogens with zero attached hydrogens (tertiary/aromatic N) is 2. The minimum absolute atomic E-state index is 0.168. The third-order valence-corrected chi connectivity index (χ3v) is 4.81. The predicted octanol–water partition coefficient (Wildman–Crippen LogP) is 1.77. The molecule has 1 amide bonds. The summed E-state index contributed by atoms with van der Waals surface area (Å²) in [4.78, 5) is 19.4. The Balaban J connectivity index is 1.95. The number of carbonyl (C=O) groups is 1. The fourth-order valence-electron chi connectivity index (χ4n) is 3.29. The number of piperazine rings is 1. The molecule has 4 heteroatoms. The Kier molecular flexibility index (Phi) is 4.74. The summed E-state index contributed by atoms with van der Waals surface area (Å²) in [6.07, 6.45) is 2.15. The van der Waals surface area contributed by atoms with E-state index in [0.717, 1.165) is 31.9 Å². The molecule has 3 rings (SSSR count). The van der Waals surface area contributed by atoms with Crippen molar-refractivity contribution in [1.82, 2.24) is 14.8 Å². The maximum Gasteiger partial charge on any atom is 0.219 e. The summed E-state index contributed by atoms with van der Waals surface area (Å²) in [6, 6.07) is 12.6. The SMILES string of the molecule is C/C=c1\cc(-c2ccccc2)[nH]\c1=C(\C)N1CCN(C(C)=O)CC1. The first-order valence-corrected chi connectivity index (χ1v) is 8.52. The lowest BCUT2D eigenvalue weighted by atomic mass is 10.1. The molecule has 0 spiro atoms. The molecule has 4 nitrogen and oxygen atoms in total. The van der Waals surface area contributed by atoms with Crippen LogP contribution in [0.2, 0.25) is 0 Å². The van der Waals surface area contributed by atoms with Gasteiger partial charge < -0.3 is 14.8 Å². The van der Waals surface area contributed by atoms with Crippen molar-refractivity contribution in [2.24, 2.45) is 0 Å². The molecule has 2 aromatic rings. The monoisotopic (exact) mass is 323 g/mol. The van der Waals surface area contributed by atoms with E-state index in [-0.39, 0.29) is 5.91 Å². The van der Waals surface area contributed by atoms with E-state index >= 15 is 0 Å². The average Bonchev–Trinajstić information content (AvgIpc) is 3.06. The Morgan fingerprint density at radius 2 is 1.67 bits per heavy atom. The fourth-order valence-corrected chi connectivity index (χ4v) is 3.29. The number of hydrogen-bond donors (Lipinski definition) is 1. The zero-order chi connectivity index (χ0) is 17.1. The predicted molar refractivity (Wildman–Crippen MR) is 98.5 cm³/mol. The van der Waals surface area contributed by atoms with Crippen molar-refractivity contribution in [3.8, 4) is 11.3 Å². The van der Waals surface area contributed by atoms with Crippen molar-refractivity contribution in [3.05, 3.63) is 47.0 Å². The van der Waals surface area contributed by atoms with Gasteiger partial charge in [-0.2, -0.15) is 0 Å². The van der Waals surface area contributed by atoms with Crippen LogP contribution in [0.15, 0.2) is 36.4 Å². The number of carbonyl (C=O) groups excluding carboxylic acids is 1. The van der Waals surface area contributed by atoms with Gasteiger partial charge in [0.25, 0.3) is 0 Å². The second kappa shape index (κ2) is 6.95. The van der Waals surface area contributed by atoms with Crippen LogP contribution in [0.4, 0.5) is 0 Å². The molecule has 1 aromatic heterocycles. The average molecular weight is 323 g/mol. The summed E-state index contributed by atoms with van der Waals surface area (Å²) in [5.41, 5.74) is 3.58. The molecule has 126 valence electrons. The highest BCUT2D eigenvalue weighted by atomic mass is 16.2. The molecule has 1 aromatic carbocycles. The van der Waals surface area contributed by atoms with Gasteiger partial charge in [0.15, 0.2) is 0 Å². The number of hydrogen-bond acceptors (Lipinski definition) is 2. The van der Waals surface area contributed by atoms with Gasteiger partial charge in [-0.3, -0.25) is 4.79 Å². The second-order valence-corrected chi connectivity index (χ2v) is 6.25. The molecule has 1 aliphatic rings. The van der Waals surface area contributed by atoms with Gasteiger partial charge >= 0.3 is 0 Å². The van der Waals surface area contributed by atoms with E-state index < -0.39 is 0 Å². The first-order valence-electron chi connectivity index (χ1n) is 8.52. The molecule has 0 atom stereocenters. The van der Waals surface area contributed by atoms with E-state index in [2.05, 4.69) is 60.1 Å². The van der Waals surface area contributed by atoms with Crippen LogP contribution in [0.1, 0.15) is 20.8 Å². The van der Waals surface area contributed by atoms with Gasteiger partial charge in [0.1, 0.15) is 0 Å². The van der Waals surface area contributed by atoms with Gasteiger partial charge in [0.2, 0.25) is 5.91 Å². The Morgan fingerprint density at radius 3 is 2.25 bits per heavy atom. The minimum atomic E-state index is 0.168. The molecular weight excluding hydrogens is 298 g/mol. The van der Waals surface area contributed by atoms with Crippen LogP contribution in [-0.4, -0.2) is 46.9 Å². The summed E-state index contributed by atoms with van der Waals surface area (Å²) in [5.74, 6) is 0.168. The molecule has 0 bridgehead atoms. The van der Waals surface area contributed by atoms with Gasteiger partial charge in [0, 0.05) is 44.5 Å². The zero-order valence-electron chi connectivity index (χ0n) is 14.7. The summed E-state index contributed by atoms with van der Waals surface area (Å²) in [5, 5.41) is 2.40. The van der Waals surface area contributed by atoms with Crippen molar-refractivity contribution in [2.45, 2.75) is 20.8 Å². The van der Waals surface area contributed by atoms with E-state index in [1.807, 2.05) is 11.0 Å². The highest BCUT2D eigenvalue weighted by Gasteiger charge is 2.19. The first-order chi connectivity index (χ1) is 11.6. The maximum absolute atomic E-state index is 11.5. The van der Waals surface area contributed by atoms with Crippen LogP contribution in [0.5, 0.6) is 0 Å². The fraction of sp³-hybridized carbons (Fsp3) is 0.350. The van der Waals surface area contributed by atoms with Crippen molar-refractivity contribution in [3.63, 3.8) is 0 Å². The van der Waals surface area contributed by atoms with Gasteiger partial charge in [-0.1, -0.05) is 36.4 Å². The van der Waals surface area contributed by atoms with E-state index in [1.165, 1.54) is 21.8 Å². The van der Waals surface area contributed by atoms with Gasteiger partial charge in [-0.15, -0.1) is 0 Å². The van der Waals surface area contributed by atoms with Crippen molar-refractivity contribution in [1.29, 1.82) is 0 Å². The van der Waals surface area contributed by atoms with Crippen molar-refractivity contribution >= 4 is 17.7 Å². The lowest BCUT2D eigenvalue weighted by molar-refractivity contribution is -0.130. The first kappa shape index (κ1) is 16.4. The Morgan fingerprint density at radius 1 is 1.04 bits per heavy atom. The molecule has 2 heterocycles. The standard InChI is InChI=1S/C20H25N3O/c1-4-17-14-19(18-8-6-5-7-9-18)21-20(17)15(2)22-10-12-23(13-11-22)16(3)24/h4-9,14,21H,10-13H2,1-3H3/b17-4+,20-15-.